The van der Waals surface area contributed by atoms with Crippen molar-refractivity contribution in [3.8, 4) is 0 Å². The van der Waals surface area contributed by atoms with Gasteiger partial charge in [-0.1, -0.05) is 12.1 Å². The molecule has 94 valence electrons. The monoisotopic (exact) mass is 246 g/mol. The summed E-state index contributed by atoms with van der Waals surface area (Å²) in [5, 5.41) is 14.1. The smallest absolute Gasteiger partial charge is 0.292 e. The van der Waals surface area contributed by atoms with Crippen molar-refractivity contribution in [3.63, 3.8) is 0 Å². The molecule has 2 aromatic rings. The summed E-state index contributed by atoms with van der Waals surface area (Å²) in [6.07, 6.45) is 1.58. The summed E-state index contributed by atoms with van der Waals surface area (Å²) >= 11 is 0. The summed E-state index contributed by atoms with van der Waals surface area (Å²) in [6, 6.07) is 8.51. The fraction of sp³-hybridized carbons (Fsp3) is 0.231. The zero-order valence-electron chi connectivity index (χ0n) is 10.2. The second-order valence-electron chi connectivity index (χ2n) is 4.11. The fourth-order valence-electron chi connectivity index (χ4n) is 1.82. The van der Waals surface area contributed by atoms with E-state index in [1.807, 2.05) is 26.0 Å². The number of nitrogens with zero attached hydrogens (tertiary/aromatic N) is 1. The molecular formula is C13H14N2O3. The molecule has 0 aliphatic heterocycles. The van der Waals surface area contributed by atoms with E-state index in [2.05, 4.69) is 5.32 Å². The number of rotatable bonds is 4. The Balaban J connectivity index is 2.31. The van der Waals surface area contributed by atoms with Crippen LogP contribution in [0.25, 0.3) is 0 Å². The molecule has 0 aliphatic rings. The van der Waals surface area contributed by atoms with Crippen molar-refractivity contribution in [1.82, 2.24) is 0 Å². The van der Waals surface area contributed by atoms with Gasteiger partial charge in [-0.05, 0) is 31.5 Å². The predicted octanol–water partition coefficient (Wildman–Crippen LogP) is 3.67. The first-order valence-corrected chi connectivity index (χ1v) is 5.63. The minimum atomic E-state index is -0.385. The van der Waals surface area contributed by atoms with Crippen LogP contribution in [0, 0.1) is 17.0 Å². The number of para-hydroxylation sites is 1. The lowest BCUT2D eigenvalue weighted by molar-refractivity contribution is -0.384. The van der Waals surface area contributed by atoms with Crippen molar-refractivity contribution in [2.45, 2.75) is 19.9 Å². The van der Waals surface area contributed by atoms with E-state index in [1.165, 1.54) is 6.07 Å². The number of nitro benzene ring substituents is 1. The van der Waals surface area contributed by atoms with E-state index < -0.39 is 0 Å². The van der Waals surface area contributed by atoms with E-state index >= 15 is 0 Å². The van der Waals surface area contributed by atoms with Gasteiger partial charge in [0.05, 0.1) is 17.2 Å². The molecule has 5 heteroatoms. The van der Waals surface area contributed by atoms with Crippen LogP contribution >= 0.6 is 0 Å². The maximum atomic E-state index is 11.0. The highest BCUT2D eigenvalue weighted by Crippen LogP contribution is 2.31. The Morgan fingerprint density at radius 1 is 1.33 bits per heavy atom. The lowest BCUT2D eigenvalue weighted by Crippen LogP contribution is -2.08. The van der Waals surface area contributed by atoms with E-state index in [1.54, 1.807) is 18.4 Å². The second kappa shape index (κ2) is 4.91. The zero-order valence-corrected chi connectivity index (χ0v) is 10.2. The molecule has 1 atom stereocenters. The van der Waals surface area contributed by atoms with E-state index in [9.17, 15) is 10.1 Å². The number of hydrogen-bond acceptors (Lipinski definition) is 4. The minimum absolute atomic E-state index is 0.0772. The molecule has 0 saturated carbocycles. The number of nitrogens with one attached hydrogen (secondary N) is 1. The number of nitro groups is 1. The Bertz CT molecular complexity index is 549. The molecule has 0 fully saturated rings. The molecule has 0 spiro atoms. The molecule has 0 aliphatic carbocycles. The summed E-state index contributed by atoms with van der Waals surface area (Å²) < 4.78 is 5.28. The SMILES string of the molecule is Cc1cccc([N+](=O)[O-])c1NC(C)c1ccco1. The normalized spacial score (nSPS) is 12.1. The first-order valence-electron chi connectivity index (χ1n) is 5.63. The van der Waals surface area contributed by atoms with Gasteiger partial charge in [-0.2, -0.15) is 0 Å². The van der Waals surface area contributed by atoms with Gasteiger partial charge in [0, 0.05) is 6.07 Å². The van der Waals surface area contributed by atoms with E-state index in [0.29, 0.717) is 5.69 Å². The van der Waals surface area contributed by atoms with Crippen LogP contribution in [0.3, 0.4) is 0 Å². The molecule has 0 amide bonds. The van der Waals surface area contributed by atoms with Crippen LogP contribution in [0.4, 0.5) is 11.4 Å². The predicted molar refractivity (Wildman–Crippen MR) is 68.6 cm³/mol. The summed E-state index contributed by atoms with van der Waals surface area (Å²) in [5.41, 5.74) is 1.45. The molecule has 0 bridgehead atoms. The first kappa shape index (κ1) is 12.2. The Kier molecular flexibility index (Phi) is 3.32. The van der Waals surface area contributed by atoms with Crippen LogP contribution in [0.15, 0.2) is 41.0 Å². The summed E-state index contributed by atoms with van der Waals surface area (Å²) in [7, 11) is 0. The van der Waals surface area contributed by atoms with Gasteiger partial charge in [0.2, 0.25) is 0 Å². The Hall–Kier alpha value is -2.30. The van der Waals surface area contributed by atoms with Crippen LogP contribution in [0.5, 0.6) is 0 Å². The van der Waals surface area contributed by atoms with Crippen molar-refractivity contribution in [1.29, 1.82) is 0 Å². The van der Waals surface area contributed by atoms with Gasteiger partial charge in [-0.15, -0.1) is 0 Å². The van der Waals surface area contributed by atoms with E-state index in [4.69, 9.17) is 4.42 Å². The number of furan rings is 1. The fourth-order valence-corrected chi connectivity index (χ4v) is 1.82. The quantitative estimate of drug-likeness (QED) is 0.660. The average Bonchev–Trinajstić information content (AvgIpc) is 2.85. The van der Waals surface area contributed by atoms with Crippen molar-refractivity contribution in [2.75, 3.05) is 5.32 Å². The second-order valence-corrected chi connectivity index (χ2v) is 4.11. The minimum Gasteiger partial charge on any atom is -0.467 e. The molecule has 1 aromatic heterocycles. The Labute approximate surface area is 105 Å². The third kappa shape index (κ3) is 2.34. The summed E-state index contributed by atoms with van der Waals surface area (Å²) in [4.78, 5) is 10.6. The zero-order chi connectivity index (χ0) is 13.1. The molecule has 1 aromatic carbocycles. The third-order valence-electron chi connectivity index (χ3n) is 2.78. The molecule has 1 N–H and O–H groups in total. The highest BCUT2D eigenvalue weighted by atomic mass is 16.6. The number of anilines is 1. The molecular weight excluding hydrogens is 232 g/mol. The highest BCUT2D eigenvalue weighted by molar-refractivity contribution is 5.66. The van der Waals surface area contributed by atoms with Gasteiger partial charge in [0.1, 0.15) is 11.4 Å². The standard InChI is InChI=1S/C13H14N2O3/c1-9-5-3-6-11(15(16)17)13(9)14-10(2)12-7-4-8-18-12/h3-8,10,14H,1-2H3. The van der Waals surface area contributed by atoms with Gasteiger partial charge < -0.3 is 9.73 Å². The van der Waals surface area contributed by atoms with Gasteiger partial charge in [0.15, 0.2) is 0 Å². The summed E-state index contributed by atoms with van der Waals surface area (Å²) in [6.45, 7) is 3.74. The Morgan fingerprint density at radius 2 is 2.11 bits per heavy atom. The molecule has 5 nitrogen and oxygen atoms in total. The molecule has 1 unspecified atom stereocenters. The van der Waals surface area contributed by atoms with Crippen molar-refractivity contribution < 1.29 is 9.34 Å². The van der Waals surface area contributed by atoms with Crippen LogP contribution < -0.4 is 5.32 Å². The molecule has 18 heavy (non-hydrogen) atoms. The molecule has 2 rings (SSSR count). The van der Waals surface area contributed by atoms with Crippen LogP contribution in [0.2, 0.25) is 0 Å². The van der Waals surface area contributed by atoms with Crippen LogP contribution in [0.1, 0.15) is 24.3 Å². The largest absolute Gasteiger partial charge is 0.467 e. The highest BCUT2D eigenvalue weighted by Gasteiger charge is 2.18. The average molecular weight is 246 g/mol. The van der Waals surface area contributed by atoms with Crippen LogP contribution in [-0.4, -0.2) is 4.92 Å². The number of hydrogen-bond donors (Lipinski definition) is 1. The van der Waals surface area contributed by atoms with Crippen LogP contribution in [-0.2, 0) is 0 Å². The molecule has 1 heterocycles. The van der Waals surface area contributed by atoms with Gasteiger partial charge in [-0.3, -0.25) is 10.1 Å². The van der Waals surface area contributed by atoms with Crippen molar-refractivity contribution >= 4 is 11.4 Å². The maximum absolute atomic E-state index is 11.0. The first-order chi connectivity index (χ1) is 8.59. The Morgan fingerprint density at radius 3 is 2.72 bits per heavy atom. The topological polar surface area (TPSA) is 68.3 Å². The van der Waals surface area contributed by atoms with Gasteiger partial charge in [0.25, 0.3) is 5.69 Å². The van der Waals surface area contributed by atoms with Crippen molar-refractivity contribution in [2.24, 2.45) is 0 Å². The molecule has 0 saturated heterocycles. The van der Waals surface area contributed by atoms with Crippen molar-refractivity contribution in [3.05, 3.63) is 58.0 Å². The van der Waals surface area contributed by atoms with E-state index in [0.717, 1.165) is 11.3 Å². The lowest BCUT2D eigenvalue weighted by Gasteiger charge is -2.14. The molecule has 0 radical (unpaired) electrons. The lowest BCUT2D eigenvalue weighted by atomic mass is 10.1. The van der Waals surface area contributed by atoms with Gasteiger partial charge >= 0.3 is 0 Å². The maximum Gasteiger partial charge on any atom is 0.292 e. The third-order valence-corrected chi connectivity index (χ3v) is 2.78. The van der Waals surface area contributed by atoms with Gasteiger partial charge in [-0.25, -0.2) is 0 Å². The number of benzene rings is 1. The summed E-state index contributed by atoms with van der Waals surface area (Å²) in [5.74, 6) is 0.743. The van der Waals surface area contributed by atoms with E-state index in [-0.39, 0.29) is 16.7 Å². The number of aryl methyl sites for hydroxylation is 1.